The van der Waals surface area contributed by atoms with Crippen molar-refractivity contribution in [3.8, 4) is 0 Å². The van der Waals surface area contributed by atoms with Crippen LogP contribution in [-0.2, 0) is 10.9 Å². The Labute approximate surface area is 183 Å². The average Bonchev–Trinajstić information content (AvgIpc) is 2.61. The van der Waals surface area contributed by atoms with E-state index in [1.165, 1.54) is 9.80 Å². The first-order chi connectivity index (χ1) is 14.2. The number of hydrogen-bond donors (Lipinski definition) is 0. The zero-order chi connectivity index (χ0) is 23.3. The number of piperazine rings is 1. The zero-order valence-electron chi connectivity index (χ0n) is 17.1. The molecule has 1 saturated heterocycles. The maximum Gasteiger partial charge on any atom is 0.417 e. The van der Waals surface area contributed by atoms with E-state index in [1.807, 2.05) is 0 Å². The number of nitrogens with zero attached hydrogens (tertiary/aromatic N) is 4. The van der Waals surface area contributed by atoms with E-state index in [2.05, 4.69) is 25.9 Å². The highest BCUT2D eigenvalue weighted by Gasteiger charge is 2.37. The van der Waals surface area contributed by atoms with Crippen LogP contribution in [0.1, 0.15) is 33.3 Å². The Morgan fingerprint density at radius 2 is 1.84 bits per heavy atom. The normalized spacial score (nSPS) is 17.9. The molecule has 0 spiro atoms. The second kappa shape index (κ2) is 8.03. The Kier molecular flexibility index (Phi) is 6.07. The number of benzene rings is 1. The van der Waals surface area contributed by atoms with Gasteiger partial charge in [-0.3, -0.25) is 0 Å². The Morgan fingerprint density at radius 3 is 2.39 bits per heavy atom. The van der Waals surface area contributed by atoms with Crippen LogP contribution in [-0.4, -0.2) is 52.2 Å². The number of halogens is 6. The second-order valence-electron chi connectivity index (χ2n) is 8.23. The summed E-state index contributed by atoms with van der Waals surface area (Å²) >= 11 is 2.59. The molecule has 0 saturated carbocycles. The van der Waals surface area contributed by atoms with Crippen molar-refractivity contribution < 1.29 is 31.5 Å². The van der Waals surface area contributed by atoms with Gasteiger partial charge < -0.3 is 14.5 Å². The number of aromatic nitrogens is 2. The highest BCUT2D eigenvalue weighted by Crippen LogP contribution is 2.41. The van der Waals surface area contributed by atoms with Gasteiger partial charge in [-0.15, -0.1) is 0 Å². The molecule has 6 nitrogen and oxygen atoms in total. The summed E-state index contributed by atoms with van der Waals surface area (Å²) < 4.78 is 73.3. The Morgan fingerprint density at radius 1 is 1.19 bits per heavy atom. The summed E-state index contributed by atoms with van der Waals surface area (Å²) in [6.45, 7) is 7.33. The van der Waals surface area contributed by atoms with E-state index in [4.69, 9.17) is 4.74 Å². The number of rotatable bonds is 1. The van der Waals surface area contributed by atoms with Gasteiger partial charge in [0.15, 0.2) is 5.82 Å². The number of amides is 1. The van der Waals surface area contributed by atoms with Crippen LogP contribution in [0.15, 0.2) is 10.5 Å². The lowest BCUT2D eigenvalue weighted by atomic mass is 10.1. The van der Waals surface area contributed by atoms with Crippen molar-refractivity contribution in [3.05, 3.63) is 28.0 Å². The molecule has 170 valence electrons. The molecule has 0 radical (unpaired) electrons. The van der Waals surface area contributed by atoms with E-state index in [9.17, 15) is 26.7 Å². The predicted octanol–water partition coefficient (Wildman–Crippen LogP) is 5.13. The molecule has 1 aliphatic heterocycles. The van der Waals surface area contributed by atoms with Gasteiger partial charge in [0.2, 0.25) is 0 Å². The van der Waals surface area contributed by atoms with E-state index < -0.39 is 51.4 Å². The molecule has 1 aromatic carbocycles. The highest BCUT2D eigenvalue weighted by atomic mass is 79.9. The minimum absolute atomic E-state index is 0.129. The number of ether oxygens (including phenoxy) is 1. The lowest BCUT2D eigenvalue weighted by Crippen LogP contribution is -2.55. The average molecular weight is 511 g/mol. The number of alkyl halides is 3. The summed E-state index contributed by atoms with van der Waals surface area (Å²) in [5, 5.41) is -0.271. The van der Waals surface area contributed by atoms with Crippen LogP contribution in [0.25, 0.3) is 10.9 Å². The first kappa shape index (κ1) is 23.4. The molecule has 1 aromatic heterocycles. The number of anilines is 1. The summed E-state index contributed by atoms with van der Waals surface area (Å²) in [6, 6.07) is 0.279. The third kappa shape index (κ3) is 4.83. The van der Waals surface area contributed by atoms with Crippen molar-refractivity contribution >= 4 is 38.7 Å². The molecule has 0 aliphatic carbocycles. The maximum absolute atomic E-state index is 14.6. The number of fused-ring (bicyclic) bond motifs is 1. The lowest BCUT2D eigenvalue weighted by Gasteiger charge is -2.40. The van der Waals surface area contributed by atoms with E-state index >= 15 is 0 Å². The summed E-state index contributed by atoms with van der Waals surface area (Å²) in [7, 11) is 0. The third-order valence-electron chi connectivity index (χ3n) is 4.68. The topological polar surface area (TPSA) is 58.6 Å². The van der Waals surface area contributed by atoms with Crippen molar-refractivity contribution in [1.82, 2.24) is 14.9 Å². The largest absolute Gasteiger partial charge is 0.444 e. The van der Waals surface area contributed by atoms with E-state index in [1.54, 1.807) is 27.7 Å². The SMILES string of the molecule is CC1CN(c2nc(F)nc3c(F)c(Br)c(C(F)(F)F)cc23)CCN1C(=O)OC(C)(C)C. The third-order valence-corrected chi connectivity index (χ3v) is 5.46. The molecule has 12 heteroatoms. The zero-order valence-corrected chi connectivity index (χ0v) is 18.7. The summed E-state index contributed by atoms with van der Waals surface area (Å²) in [6.07, 6.45) is -6.65. The molecule has 1 fully saturated rings. The van der Waals surface area contributed by atoms with Crippen molar-refractivity contribution in [2.75, 3.05) is 24.5 Å². The molecule has 1 amide bonds. The van der Waals surface area contributed by atoms with Gasteiger partial charge >= 0.3 is 18.3 Å². The summed E-state index contributed by atoms with van der Waals surface area (Å²) in [4.78, 5) is 22.4. The fourth-order valence-electron chi connectivity index (χ4n) is 3.35. The van der Waals surface area contributed by atoms with Crippen LogP contribution in [0, 0.1) is 11.9 Å². The lowest BCUT2D eigenvalue weighted by molar-refractivity contribution is -0.138. The van der Waals surface area contributed by atoms with Gasteiger partial charge in [-0.25, -0.2) is 9.18 Å². The van der Waals surface area contributed by atoms with Gasteiger partial charge in [-0.1, -0.05) is 0 Å². The monoisotopic (exact) mass is 510 g/mol. The quantitative estimate of drug-likeness (QED) is 0.393. The van der Waals surface area contributed by atoms with Gasteiger partial charge in [0.05, 0.1) is 10.0 Å². The van der Waals surface area contributed by atoms with E-state index in [0.717, 1.165) is 0 Å². The smallest absolute Gasteiger partial charge is 0.417 e. The van der Waals surface area contributed by atoms with Crippen molar-refractivity contribution in [1.29, 1.82) is 0 Å². The maximum atomic E-state index is 14.6. The molecule has 3 rings (SSSR count). The molecule has 0 bridgehead atoms. The minimum atomic E-state index is -4.85. The van der Waals surface area contributed by atoms with E-state index in [-0.39, 0.29) is 30.8 Å². The second-order valence-corrected chi connectivity index (χ2v) is 9.02. The van der Waals surface area contributed by atoms with Crippen molar-refractivity contribution in [3.63, 3.8) is 0 Å². The molecule has 1 aliphatic rings. The predicted molar refractivity (Wildman–Crippen MR) is 107 cm³/mol. The molecule has 2 aromatic rings. The van der Waals surface area contributed by atoms with Crippen molar-refractivity contribution in [2.45, 2.75) is 45.5 Å². The number of carbonyl (C=O) groups excluding carboxylic acids is 1. The standard InChI is InChI=1S/C19H20BrF5N4O2/c1-9-8-28(5-6-29(9)17(30)31-18(2,3)4)15-10-7-11(19(23,24)25)12(20)13(21)14(10)26-16(22)27-15/h7,9H,5-6,8H2,1-4H3. The summed E-state index contributed by atoms with van der Waals surface area (Å²) in [5.41, 5.74) is -2.52. The molecule has 2 heterocycles. The fraction of sp³-hybridized carbons (Fsp3) is 0.526. The van der Waals surface area contributed by atoms with Crippen molar-refractivity contribution in [2.24, 2.45) is 0 Å². The fourth-order valence-corrected chi connectivity index (χ4v) is 3.88. The van der Waals surface area contributed by atoms with Gasteiger partial charge in [0, 0.05) is 31.1 Å². The number of hydrogen-bond acceptors (Lipinski definition) is 5. The molecular formula is C19H20BrF5N4O2. The Bertz CT molecular complexity index is 1030. The van der Waals surface area contributed by atoms with Gasteiger partial charge in [-0.2, -0.15) is 27.5 Å². The van der Waals surface area contributed by atoms with Gasteiger partial charge in [0.1, 0.15) is 16.9 Å². The highest BCUT2D eigenvalue weighted by molar-refractivity contribution is 9.10. The Hall–Kier alpha value is -2.24. The minimum Gasteiger partial charge on any atom is -0.444 e. The van der Waals surface area contributed by atoms with Crippen LogP contribution >= 0.6 is 15.9 Å². The van der Waals surface area contributed by atoms with Crippen LogP contribution in [0.2, 0.25) is 0 Å². The van der Waals surface area contributed by atoms with Gasteiger partial charge in [-0.05, 0) is 49.7 Å². The Balaban J connectivity index is 2.00. The molecular weight excluding hydrogens is 491 g/mol. The van der Waals surface area contributed by atoms with Gasteiger partial charge in [0.25, 0.3) is 0 Å². The molecule has 1 unspecified atom stereocenters. The first-order valence-electron chi connectivity index (χ1n) is 9.36. The van der Waals surface area contributed by atoms with E-state index in [0.29, 0.717) is 6.07 Å². The molecule has 1 atom stereocenters. The van der Waals surface area contributed by atoms with Crippen LogP contribution in [0.5, 0.6) is 0 Å². The van der Waals surface area contributed by atoms with Crippen LogP contribution in [0.3, 0.4) is 0 Å². The van der Waals surface area contributed by atoms with Crippen LogP contribution in [0.4, 0.5) is 32.6 Å². The molecule has 31 heavy (non-hydrogen) atoms. The first-order valence-corrected chi connectivity index (χ1v) is 10.2. The summed E-state index contributed by atoms with van der Waals surface area (Å²) in [5.74, 6) is -1.50. The number of carbonyl (C=O) groups is 1. The van der Waals surface area contributed by atoms with Crippen LogP contribution < -0.4 is 4.90 Å². The molecule has 0 N–H and O–H groups in total.